The Morgan fingerprint density at radius 3 is 2.56 bits per heavy atom. The van der Waals surface area contributed by atoms with E-state index in [-0.39, 0.29) is 0 Å². The Morgan fingerprint density at radius 2 is 1.81 bits per heavy atom. The van der Waals surface area contributed by atoms with E-state index in [4.69, 9.17) is 16.3 Å². The maximum atomic E-state index is 12.7. The molecule has 6 heteroatoms. The Labute approximate surface area is 162 Å². The standard InChI is InChI=1S/C21H19ClN2O3/c1-3-16-13(2)20(14-8-4-6-10-17(14)23-16)21(26)27-12-19(25)24-18-11-7-5-9-15(18)22/h4-11H,3,12H2,1-2H3,(H,24,25). The first-order valence-electron chi connectivity index (χ1n) is 8.61. The molecule has 0 saturated carbocycles. The smallest absolute Gasteiger partial charge is 0.339 e. The van der Waals surface area contributed by atoms with E-state index in [2.05, 4.69) is 10.3 Å². The van der Waals surface area contributed by atoms with Gasteiger partial charge in [0.05, 0.1) is 21.8 Å². The van der Waals surface area contributed by atoms with Crippen LogP contribution in [0.15, 0.2) is 48.5 Å². The van der Waals surface area contributed by atoms with E-state index in [0.717, 1.165) is 16.8 Å². The summed E-state index contributed by atoms with van der Waals surface area (Å²) in [6.45, 7) is 3.43. The molecule has 1 N–H and O–H groups in total. The molecule has 1 aromatic heterocycles. The molecule has 0 aliphatic heterocycles. The fourth-order valence-corrected chi connectivity index (χ4v) is 3.10. The lowest BCUT2D eigenvalue weighted by atomic mass is 10.0. The van der Waals surface area contributed by atoms with Crippen LogP contribution in [0.4, 0.5) is 5.69 Å². The first-order valence-corrected chi connectivity index (χ1v) is 8.98. The van der Waals surface area contributed by atoms with Crippen molar-refractivity contribution >= 4 is 40.1 Å². The Bertz CT molecular complexity index is 1020. The van der Waals surface area contributed by atoms with Crippen molar-refractivity contribution in [2.45, 2.75) is 20.3 Å². The van der Waals surface area contributed by atoms with Gasteiger partial charge in [-0.3, -0.25) is 9.78 Å². The predicted molar refractivity (Wildman–Crippen MR) is 106 cm³/mol. The van der Waals surface area contributed by atoms with Gasteiger partial charge in [0.1, 0.15) is 0 Å². The number of carbonyl (C=O) groups excluding carboxylic acids is 2. The molecule has 0 saturated heterocycles. The number of pyridine rings is 1. The number of rotatable bonds is 5. The van der Waals surface area contributed by atoms with Crippen LogP contribution < -0.4 is 5.32 Å². The lowest BCUT2D eigenvalue weighted by molar-refractivity contribution is -0.119. The highest BCUT2D eigenvalue weighted by Gasteiger charge is 2.19. The second-order valence-corrected chi connectivity index (χ2v) is 6.44. The summed E-state index contributed by atoms with van der Waals surface area (Å²) in [5.74, 6) is -1.00. The Kier molecular flexibility index (Phi) is 5.72. The quantitative estimate of drug-likeness (QED) is 0.657. The van der Waals surface area contributed by atoms with Gasteiger partial charge in [-0.25, -0.2) is 4.79 Å². The van der Waals surface area contributed by atoms with Crippen molar-refractivity contribution in [3.63, 3.8) is 0 Å². The van der Waals surface area contributed by atoms with Gasteiger partial charge in [0.25, 0.3) is 5.91 Å². The Balaban J connectivity index is 1.79. The van der Waals surface area contributed by atoms with Crippen molar-refractivity contribution in [2.75, 3.05) is 11.9 Å². The van der Waals surface area contributed by atoms with Crippen molar-refractivity contribution in [1.29, 1.82) is 0 Å². The molecule has 0 radical (unpaired) electrons. The van der Waals surface area contributed by atoms with Gasteiger partial charge in [0.2, 0.25) is 0 Å². The van der Waals surface area contributed by atoms with Crippen LogP contribution in [0.1, 0.15) is 28.5 Å². The third-order valence-electron chi connectivity index (χ3n) is 4.26. The number of anilines is 1. The maximum Gasteiger partial charge on any atom is 0.339 e. The summed E-state index contributed by atoms with van der Waals surface area (Å²) in [5.41, 5.74) is 3.25. The zero-order chi connectivity index (χ0) is 19.4. The number of ether oxygens (including phenoxy) is 1. The molecule has 0 spiro atoms. The van der Waals surface area contributed by atoms with E-state index < -0.39 is 18.5 Å². The number of esters is 1. The molecule has 0 unspecified atom stereocenters. The van der Waals surface area contributed by atoms with Crippen LogP contribution in [0, 0.1) is 6.92 Å². The molecule has 3 rings (SSSR count). The number of halogens is 1. The number of nitrogens with zero attached hydrogens (tertiary/aromatic N) is 1. The Morgan fingerprint density at radius 1 is 1.11 bits per heavy atom. The van der Waals surface area contributed by atoms with Crippen LogP contribution in [0.5, 0.6) is 0 Å². The molecule has 0 atom stereocenters. The third kappa shape index (κ3) is 4.09. The summed E-state index contributed by atoms with van der Waals surface area (Å²) in [6, 6.07) is 14.3. The molecule has 3 aromatic rings. The van der Waals surface area contributed by atoms with Gasteiger partial charge in [0, 0.05) is 11.1 Å². The topological polar surface area (TPSA) is 68.3 Å². The molecule has 27 heavy (non-hydrogen) atoms. The van der Waals surface area contributed by atoms with Crippen molar-refractivity contribution in [3.8, 4) is 0 Å². The highest BCUT2D eigenvalue weighted by molar-refractivity contribution is 6.33. The van der Waals surface area contributed by atoms with E-state index in [9.17, 15) is 9.59 Å². The summed E-state index contributed by atoms with van der Waals surface area (Å²) >= 11 is 6.02. The van der Waals surface area contributed by atoms with Crippen LogP contribution in [0.3, 0.4) is 0 Å². The van der Waals surface area contributed by atoms with Crippen molar-refractivity contribution in [3.05, 3.63) is 70.4 Å². The molecule has 0 fully saturated rings. The average Bonchev–Trinajstić information content (AvgIpc) is 2.67. The predicted octanol–water partition coefficient (Wildman–Crippen LogP) is 4.55. The number of aryl methyl sites for hydroxylation is 1. The largest absolute Gasteiger partial charge is 0.452 e. The van der Waals surface area contributed by atoms with E-state index in [1.807, 2.05) is 38.1 Å². The van der Waals surface area contributed by atoms with Gasteiger partial charge < -0.3 is 10.1 Å². The minimum atomic E-state index is -0.546. The summed E-state index contributed by atoms with van der Waals surface area (Å²) in [5, 5.41) is 3.76. The molecular formula is C21H19ClN2O3. The number of hydrogen-bond donors (Lipinski definition) is 1. The molecule has 5 nitrogen and oxygen atoms in total. The molecule has 0 bridgehead atoms. The third-order valence-corrected chi connectivity index (χ3v) is 4.59. The van der Waals surface area contributed by atoms with Gasteiger partial charge in [-0.15, -0.1) is 0 Å². The second-order valence-electron chi connectivity index (χ2n) is 6.03. The van der Waals surface area contributed by atoms with E-state index >= 15 is 0 Å². The fourth-order valence-electron chi connectivity index (χ4n) is 2.92. The molecule has 138 valence electrons. The van der Waals surface area contributed by atoms with Crippen molar-refractivity contribution in [2.24, 2.45) is 0 Å². The van der Waals surface area contributed by atoms with Crippen molar-refractivity contribution < 1.29 is 14.3 Å². The highest BCUT2D eigenvalue weighted by atomic mass is 35.5. The number of benzene rings is 2. The lowest BCUT2D eigenvalue weighted by Gasteiger charge is -2.13. The van der Waals surface area contributed by atoms with Crippen molar-refractivity contribution in [1.82, 2.24) is 4.98 Å². The lowest BCUT2D eigenvalue weighted by Crippen LogP contribution is -2.22. The first kappa shape index (κ1) is 18.9. The number of aromatic nitrogens is 1. The minimum Gasteiger partial charge on any atom is -0.452 e. The van der Waals surface area contributed by atoms with Gasteiger partial charge in [-0.2, -0.15) is 0 Å². The van der Waals surface area contributed by atoms with Crippen LogP contribution in [-0.4, -0.2) is 23.5 Å². The molecule has 1 heterocycles. The van der Waals surface area contributed by atoms with E-state index in [0.29, 0.717) is 28.1 Å². The zero-order valence-corrected chi connectivity index (χ0v) is 15.8. The van der Waals surface area contributed by atoms with E-state index in [1.54, 1.807) is 24.3 Å². The van der Waals surface area contributed by atoms with Gasteiger partial charge in [0.15, 0.2) is 6.61 Å². The number of carbonyl (C=O) groups is 2. The summed E-state index contributed by atoms with van der Waals surface area (Å²) < 4.78 is 5.27. The molecule has 2 aromatic carbocycles. The second kappa shape index (κ2) is 8.18. The normalized spacial score (nSPS) is 10.6. The summed E-state index contributed by atoms with van der Waals surface area (Å²) in [7, 11) is 0. The van der Waals surface area contributed by atoms with Crippen LogP contribution in [0.2, 0.25) is 5.02 Å². The molecule has 0 aliphatic carbocycles. The number of amides is 1. The number of para-hydroxylation sites is 2. The summed E-state index contributed by atoms with van der Waals surface area (Å²) in [4.78, 5) is 29.4. The summed E-state index contributed by atoms with van der Waals surface area (Å²) in [6.07, 6.45) is 0.698. The van der Waals surface area contributed by atoms with Crippen LogP contribution in [0.25, 0.3) is 10.9 Å². The monoisotopic (exact) mass is 382 g/mol. The SMILES string of the molecule is CCc1nc2ccccc2c(C(=O)OCC(=O)Nc2ccccc2Cl)c1C. The highest BCUT2D eigenvalue weighted by Crippen LogP contribution is 2.24. The Hall–Kier alpha value is -2.92. The van der Waals surface area contributed by atoms with Gasteiger partial charge in [-0.05, 0) is 37.1 Å². The van der Waals surface area contributed by atoms with Crippen LogP contribution in [-0.2, 0) is 16.0 Å². The van der Waals surface area contributed by atoms with E-state index in [1.165, 1.54) is 0 Å². The zero-order valence-electron chi connectivity index (χ0n) is 15.1. The molecular weight excluding hydrogens is 364 g/mol. The van der Waals surface area contributed by atoms with Crippen LogP contribution >= 0.6 is 11.6 Å². The van der Waals surface area contributed by atoms with Gasteiger partial charge in [-0.1, -0.05) is 48.9 Å². The molecule has 1 amide bonds. The minimum absolute atomic E-state index is 0.401. The fraction of sp³-hybridized carbons (Fsp3) is 0.190. The number of hydrogen-bond acceptors (Lipinski definition) is 4. The first-order chi connectivity index (χ1) is 13.0. The molecule has 0 aliphatic rings. The maximum absolute atomic E-state index is 12.7. The van der Waals surface area contributed by atoms with Gasteiger partial charge >= 0.3 is 5.97 Å². The number of nitrogens with one attached hydrogen (secondary N) is 1. The average molecular weight is 383 g/mol. The number of fused-ring (bicyclic) bond motifs is 1.